The monoisotopic (exact) mass is 250 g/mol. The van der Waals surface area contributed by atoms with Crippen molar-refractivity contribution in [2.75, 3.05) is 0 Å². The van der Waals surface area contributed by atoms with Gasteiger partial charge < -0.3 is 0 Å². The molecule has 0 aromatic carbocycles. The molecule has 18 heavy (non-hydrogen) atoms. The second-order valence-electron chi connectivity index (χ2n) is 6.69. The lowest BCUT2D eigenvalue weighted by Gasteiger charge is -2.12. The Morgan fingerprint density at radius 3 is 2.11 bits per heavy atom. The number of hydrogen-bond donors (Lipinski definition) is 0. The molecule has 0 atom stereocenters. The number of rotatable bonds is 10. The number of unbranched alkanes of at least 4 members (excludes halogenated alkanes) is 5. The Balaban J connectivity index is 1.84. The molecule has 0 aromatic rings. The Labute approximate surface area is 115 Å². The fourth-order valence-corrected chi connectivity index (χ4v) is 3.15. The highest BCUT2D eigenvalue weighted by molar-refractivity contribution is 5.02. The van der Waals surface area contributed by atoms with E-state index < -0.39 is 0 Å². The molecule has 0 amide bonds. The van der Waals surface area contributed by atoms with Gasteiger partial charge in [-0.15, -0.1) is 0 Å². The summed E-state index contributed by atoms with van der Waals surface area (Å²) >= 11 is 0. The lowest BCUT2D eigenvalue weighted by Crippen LogP contribution is -1.97. The molecule has 0 nitrogen and oxygen atoms in total. The molecule has 1 aliphatic rings. The molecule has 1 saturated carbocycles. The minimum Gasteiger partial charge on any atom is -0.0996 e. The summed E-state index contributed by atoms with van der Waals surface area (Å²) in [5, 5.41) is 0. The zero-order chi connectivity index (χ0) is 13.2. The van der Waals surface area contributed by atoms with E-state index in [1.54, 1.807) is 5.57 Å². The molecule has 1 fully saturated rings. The number of hydrogen-bond acceptors (Lipinski definition) is 0. The van der Waals surface area contributed by atoms with Crippen molar-refractivity contribution in [3.8, 4) is 0 Å². The van der Waals surface area contributed by atoms with Crippen molar-refractivity contribution in [2.45, 2.75) is 90.9 Å². The average molecular weight is 250 g/mol. The molecule has 0 aliphatic heterocycles. The SMILES string of the molecule is C=C(CCCCCCCCC(C)C)C1CCCC1. The zero-order valence-corrected chi connectivity index (χ0v) is 12.8. The van der Waals surface area contributed by atoms with Crippen LogP contribution in [0.4, 0.5) is 0 Å². The van der Waals surface area contributed by atoms with Crippen LogP contribution >= 0.6 is 0 Å². The fourth-order valence-electron chi connectivity index (χ4n) is 3.15. The maximum absolute atomic E-state index is 4.30. The van der Waals surface area contributed by atoms with Crippen LogP contribution in [-0.2, 0) is 0 Å². The van der Waals surface area contributed by atoms with E-state index in [4.69, 9.17) is 0 Å². The Kier molecular flexibility index (Phi) is 8.46. The van der Waals surface area contributed by atoms with Gasteiger partial charge in [0.25, 0.3) is 0 Å². The van der Waals surface area contributed by atoms with Crippen molar-refractivity contribution in [3.63, 3.8) is 0 Å². The van der Waals surface area contributed by atoms with Crippen LogP contribution in [0.1, 0.15) is 90.9 Å². The molecular weight excluding hydrogens is 216 g/mol. The van der Waals surface area contributed by atoms with Gasteiger partial charge in [-0.2, -0.15) is 0 Å². The van der Waals surface area contributed by atoms with E-state index in [-0.39, 0.29) is 0 Å². The molecule has 0 heterocycles. The largest absolute Gasteiger partial charge is 0.0996 e. The van der Waals surface area contributed by atoms with Gasteiger partial charge in [-0.1, -0.05) is 77.4 Å². The highest BCUT2D eigenvalue weighted by atomic mass is 14.2. The second kappa shape index (κ2) is 9.64. The first-order chi connectivity index (χ1) is 8.70. The molecule has 0 heteroatoms. The molecule has 0 radical (unpaired) electrons. The quantitative estimate of drug-likeness (QED) is 0.306. The zero-order valence-electron chi connectivity index (χ0n) is 12.8. The number of allylic oxidation sites excluding steroid dienone is 1. The van der Waals surface area contributed by atoms with E-state index in [0.717, 1.165) is 11.8 Å². The van der Waals surface area contributed by atoms with Gasteiger partial charge in [0.05, 0.1) is 0 Å². The lowest BCUT2D eigenvalue weighted by molar-refractivity contribution is 0.508. The van der Waals surface area contributed by atoms with E-state index in [1.165, 1.54) is 77.0 Å². The van der Waals surface area contributed by atoms with Gasteiger partial charge >= 0.3 is 0 Å². The van der Waals surface area contributed by atoms with Crippen LogP contribution in [0, 0.1) is 11.8 Å². The third-order valence-electron chi connectivity index (χ3n) is 4.46. The van der Waals surface area contributed by atoms with Crippen LogP contribution in [0.25, 0.3) is 0 Å². The van der Waals surface area contributed by atoms with Gasteiger partial charge in [-0.25, -0.2) is 0 Å². The normalized spacial score (nSPS) is 16.6. The van der Waals surface area contributed by atoms with Crippen molar-refractivity contribution in [3.05, 3.63) is 12.2 Å². The third kappa shape index (κ3) is 7.24. The first-order valence-corrected chi connectivity index (χ1v) is 8.38. The highest BCUT2D eigenvalue weighted by Gasteiger charge is 2.17. The van der Waals surface area contributed by atoms with Crippen LogP contribution in [0.5, 0.6) is 0 Å². The second-order valence-corrected chi connectivity index (χ2v) is 6.69. The smallest absolute Gasteiger partial charge is 0.0206 e. The Morgan fingerprint density at radius 1 is 0.944 bits per heavy atom. The Bertz CT molecular complexity index is 208. The minimum atomic E-state index is 0.885. The summed E-state index contributed by atoms with van der Waals surface area (Å²) in [6.45, 7) is 8.96. The molecule has 1 aliphatic carbocycles. The van der Waals surface area contributed by atoms with Crippen molar-refractivity contribution in [2.24, 2.45) is 11.8 Å². The Hall–Kier alpha value is -0.260. The average Bonchev–Trinajstić information content (AvgIpc) is 2.85. The van der Waals surface area contributed by atoms with Crippen LogP contribution in [0.3, 0.4) is 0 Å². The summed E-state index contributed by atoms with van der Waals surface area (Å²) < 4.78 is 0. The maximum Gasteiger partial charge on any atom is -0.0206 e. The minimum absolute atomic E-state index is 0.885. The van der Waals surface area contributed by atoms with Gasteiger partial charge in [0.2, 0.25) is 0 Å². The highest BCUT2D eigenvalue weighted by Crippen LogP contribution is 2.32. The van der Waals surface area contributed by atoms with E-state index in [9.17, 15) is 0 Å². The summed E-state index contributed by atoms with van der Waals surface area (Å²) in [6, 6.07) is 0. The van der Waals surface area contributed by atoms with Crippen LogP contribution in [0.15, 0.2) is 12.2 Å². The molecule has 1 rings (SSSR count). The Morgan fingerprint density at radius 2 is 1.50 bits per heavy atom. The predicted molar refractivity (Wildman–Crippen MR) is 82.9 cm³/mol. The summed E-state index contributed by atoms with van der Waals surface area (Å²) in [5.74, 6) is 1.77. The van der Waals surface area contributed by atoms with Crippen LogP contribution < -0.4 is 0 Å². The van der Waals surface area contributed by atoms with E-state index >= 15 is 0 Å². The van der Waals surface area contributed by atoms with E-state index in [0.29, 0.717) is 0 Å². The molecule has 0 saturated heterocycles. The molecule has 0 unspecified atom stereocenters. The van der Waals surface area contributed by atoms with Gasteiger partial charge in [-0.3, -0.25) is 0 Å². The van der Waals surface area contributed by atoms with E-state index in [1.807, 2.05) is 0 Å². The summed E-state index contributed by atoms with van der Waals surface area (Å²) in [6.07, 6.45) is 17.0. The summed E-state index contributed by atoms with van der Waals surface area (Å²) in [5.41, 5.74) is 1.56. The van der Waals surface area contributed by atoms with Crippen molar-refractivity contribution >= 4 is 0 Å². The molecule has 0 aromatic heterocycles. The van der Waals surface area contributed by atoms with E-state index in [2.05, 4.69) is 20.4 Å². The third-order valence-corrected chi connectivity index (χ3v) is 4.46. The first kappa shape index (κ1) is 15.8. The van der Waals surface area contributed by atoms with Gasteiger partial charge in [0, 0.05) is 0 Å². The fraction of sp³-hybridized carbons (Fsp3) is 0.889. The molecular formula is C18H34. The first-order valence-electron chi connectivity index (χ1n) is 8.38. The van der Waals surface area contributed by atoms with Gasteiger partial charge in [0.15, 0.2) is 0 Å². The van der Waals surface area contributed by atoms with Gasteiger partial charge in [-0.05, 0) is 37.5 Å². The van der Waals surface area contributed by atoms with Crippen LogP contribution in [-0.4, -0.2) is 0 Å². The van der Waals surface area contributed by atoms with Crippen molar-refractivity contribution in [1.29, 1.82) is 0 Å². The molecule has 106 valence electrons. The molecule has 0 bridgehead atoms. The maximum atomic E-state index is 4.30. The summed E-state index contributed by atoms with van der Waals surface area (Å²) in [7, 11) is 0. The molecule has 0 N–H and O–H groups in total. The topological polar surface area (TPSA) is 0 Å². The standard InChI is InChI=1S/C18H34/c1-16(2)12-8-6-4-5-7-9-13-17(3)18-14-10-11-15-18/h16,18H,3-15H2,1-2H3. The molecule has 0 spiro atoms. The van der Waals surface area contributed by atoms with Gasteiger partial charge in [0.1, 0.15) is 0 Å². The predicted octanol–water partition coefficient (Wildman–Crippen LogP) is 6.51. The lowest BCUT2D eigenvalue weighted by atomic mass is 9.94. The van der Waals surface area contributed by atoms with Crippen molar-refractivity contribution in [1.82, 2.24) is 0 Å². The summed E-state index contributed by atoms with van der Waals surface area (Å²) in [4.78, 5) is 0. The van der Waals surface area contributed by atoms with Crippen LogP contribution in [0.2, 0.25) is 0 Å². The van der Waals surface area contributed by atoms with Crippen molar-refractivity contribution < 1.29 is 0 Å².